The second kappa shape index (κ2) is 9.19. The standard InChI is InChI=1S/C18H32N2O/c1-5-12-19-18(15-21,17-10-8-7-9-11-17)14-20(6-2)13-16(3)4/h7-11,16,19,21H,5-6,12-15H2,1-4H3. The van der Waals surface area contributed by atoms with Crippen LogP contribution >= 0.6 is 0 Å². The minimum Gasteiger partial charge on any atom is -0.394 e. The first kappa shape index (κ1) is 18.1. The van der Waals surface area contributed by atoms with Crippen LogP contribution in [0.3, 0.4) is 0 Å². The van der Waals surface area contributed by atoms with Crippen LogP contribution in [-0.2, 0) is 5.54 Å². The van der Waals surface area contributed by atoms with Crippen molar-refractivity contribution in [2.45, 2.75) is 39.7 Å². The molecule has 0 aliphatic carbocycles. The minimum atomic E-state index is -0.373. The molecule has 1 aromatic rings. The first-order chi connectivity index (χ1) is 10.1. The van der Waals surface area contributed by atoms with Crippen molar-refractivity contribution in [1.82, 2.24) is 10.2 Å². The summed E-state index contributed by atoms with van der Waals surface area (Å²) >= 11 is 0. The first-order valence-electron chi connectivity index (χ1n) is 8.21. The van der Waals surface area contributed by atoms with E-state index in [0.717, 1.165) is 32.6 Å². The van der Waals surface area contributed by atoms with E-state index in [-0.39, 0.29) is 12.1 Å². The quantitative estimate of drug-likeness (QED) is 0.696. The van der Waals surface area contributed by atoms with Crippen molar-refractivity contribution in [3.63, 3.8) is 0 Å². The lowest BCUT2D eigenvalue weighted by Gasteiger charge is -2.39. The molecule has 3 heteroatoms. The zero-order chi connectivity index (χ0) is 15.7. The zero-order valence-electron chi connectivity index (χ0n) is 14.1. The molecule has 2 N–H and O–H groups in total. The van der Waals surface area contributed by atoms with E-state index in [2.05, 4.69) is 50.0 Å². The lowest BCUT2D eigenvalue weighted by atomic mass is 9.89. The fraction of sp³-hybridized carbons (Fsp3) is 0.667. The average Bonchev–Trinajstić information content (AvgIpc) is 2.51. The van der Waals surface area contributed by atoms with Crippen molar-refractivity contribution in [3.05, 3.63) is 35.9 Å². The van der Waals surface area contributed by atoms with Gasteiger partial charge in [-0.2, -0.15) is 0 Å². The van der Waals surface area contributed by atoms with Crippen molar-refractivity contribution in [2.75, 3.05) is 32.8 Å². The molecule has 3 nitrogen and oxygen atoms in total. The molecule has 0 radical (unpaired) electrons. The monoisotopic (exact) mass is 292 g/mol. The van der Waals surface area contributed by atoms with Crippen LogP contribution in [0.25, 0.3) is 0 Å². The lowest BCUT2D eigenvalue weighted by molar-refractivity contribution is 0.103. The molecule has 0 heterocycles. The fourth-order valence-electron chi connectivity index (χ4n) is 2.77. The number of hydrogen-bond donors (Lipinski definition) is 2. The normalized spacial score (nSPS) is 14.6. The van der Waals surface area contributed by atoms with Crippen LogP contribution in [-0.4, -0.2) is 42.8 Å². The SMILES string of the molecule is CCCNC(CO)(CN(CC)CC(C)C)c1ccccc1. The molecule has 1 atom stereocenters. The minimum absolute atomic E-state index is 0.117. The number of nitrogens with zero attached hydrogens (tertiary/aromatic N) is 1. The highest BCUT2D eigenvalue weighted by molar-refractivity contribution is 5.25. The molecule has 1 unspecified atom stereocenters. The number of benzene rings is 1. The highest BCUT2D eigenvalue weighted by atomic mass is 16.3. The number of rotatable bonds is 10. The van der Waals surface area contributed by atoms with Crippen LogP contribution in [0.2, 0.25) is 0 Å². The molecule has 0 saturated carbocycles. The van der Waals surface area contributed by atoms with Gasteiger partial charge >= 0.3 is 0 Å². The van der Waals surface area contributed by atoms with Crippen LogP contribution in [0.5, 0.6) is 0 Å². The van der Waals surface area contributed by atoms with Gasteiger partial charge in [-0.05, 0) is 31.0 Å². The summed E-state index contributed by atoms with van der Waals surface area (Å²) in [5.74, 6) is 0.628. The predicted molar refractivity (Wildman–Crippen MR) is 90.5 cm³/mol. The second-order valence-corrected chi connectivity index (χ2v) is 6.25. The molecular weight excluding hydrogens is 260 g/mol. The Morgan fingerprint density at radius 3 is 2.33 bits per heavy atom. The van der Waals surface area contributed by atoms with Crippen LogP contribution in [0.4, 0.5) is 0 Å². The van der Waals surface area contributed by atoms with Crippen molar-refractivity contribution < 1.29 is 5.11 Å². The highest BCUT2D eigenvalue weighted by Gasteiger charge is 2.32. The largest absolute Gasteiger partial charge is 0.394 e. The van der Waals surface area contributed by atoms with Gasteiger partial charge in [-0.25, -0.2) is 0 Å². The molecule has 120 valence electrons. The van der Waals surface area contributed by atoms with Crippen molar-refractivity contribution in [3.8, 4) is 0 Å². The summed E-state index contributed by atoms with van der Waals surface area (Å²) in [5.41, 5.74) is 0.797. The van der Waals surface area contributed by atoms with Crippen molar-refractivity contribution >= 4 is 0 Å². The summed E-state index contributed by atoms with van der Waals surface area (Å²) in [7, 11) is 0. The number of aliphatic hydroxyl groups excluding tert-OH is 1. The lowest BCUT2D eigenvalue weighted by Crippen LogP contribution is -2.54. The average molecular weight is 292 g/mol. The number of aliphatic hydroxyl groups is 1. The fourth-order valence-corrected chi connectivity index (χ4v) is 2.77. The third-order valence-electron chi connectivity index (χ3n) is 3.87. The van der Waals surface area contributed by atoms with Gasteiger partial charge in [0.25, 0.3) is 0 Å². The van der Waals surface area contributed by atoms with Gasteiger partial charge in [0, 0.05) is 13.1 Å². The molecule has 0 saturated heterocycles. The van der Waals surface area contributed by atoms with E-state index in [9.17, 15) is 5.11 Å². The molecule has 0 amide bonds. The summed E-state index contributed by atoms with van der Waals surface area (Å²) in [6.45, 7) is 12.7. The Balaban J connectivity index is 2.99. The van der Waals surface area contributed by atoms with E-state index >= 15 is 0 Å². The third-order valence-corrected chi connectivity index (χ3v) is 3.87. The van der Waals surface area contributed by atoms with Gasteiger partial charge in [0.05, 0.1) is 12.1 Å². The number of nitrogens with one attached hydrogen (secondary N) is 1. The zero-order valence-corrected chi connectivity index (χ0v) is 14.1. The van der Waals surface area contributed by atoms with E-state index in [1.165, 1.54) is 5.56 Å². The van der Waals surface area contributed by atoms with E-state index in [4.69, 9.17) is 0 Å². The molecule has 0 aliphatic heterocycles. The highest BCUT2D eigenvalue weighted by Crippen LogP contribution is 2.23. The molecule has 1 aromatic carbocycles. The van der Waals surface area contributed by atoms with Crippen LogP contribution in [0.1, 0.15) is 39.7 Å². The van der Waals surface area contributed by atoms with E-state index < -0.39 is 0 Å². The first-order valence-corrected chi connectivity index (χ1v) is 8.21. The van der Waals surface area contributed by atoms with Gasteiger partial charge in [0.2, 0.25) is 0 Å². The van der Waals surface area contributed by atoms with Crippen LogP contribution in [0, 0.1) is 5.92 Å². The van der Waals surface area contributed by atoms with Crippen LogP contribution in [0.15, 0.2) is 30.3 Å². The van der Waals surface area contributed by atoms with Crippen molar-refractivity contribution in [2.24, 2.45) is 5.92 Å². The molecule has 1 rings (SSSR count). The maximum atomic E-state index is 10.1. The number of hydrogen-bond acceptors (Lipinski definition) is 3. The van der Waals surface area contributed by atoms with Crippen molar-refractivity contribution in [1.29, 1.82) is 0 Å². The maximum absolute atomic E-state index is 10.1. The number of likely N-dealkylation sites (N-methyl/N-ethyl adjacent to an activating group) is 1. The van der Waals surface area contributed by atoms with E-state index in [0.29, 0.717) is 5.92 Å². The topological polar surface area (TPSA) is 35.5 Å². The summed E-state index contributed by atoms with van der Waals surface area (Å²) in [4.78, 5) is 2.43. The van der Waals surface area contributed by atoms with Gasteiger partial charge in [-0.1, -0.05) is 58.0 Å². The van der Waals surface area contributed by atoms with E-state index in [1.807, 2.05) is 18.2 Å². The van der Waals surface area contributed by atoms with Crippen LogP contribution < -0.4 is 5.32 Å². The molecule has 0 bridgehead atoms. The molecule has 0 aromatic heterocycles. The van der Waals surface area contributed by atoms with Gasteiger partial charge in [0.15, 0.2) is 0 Å². The second-order valence-electron chi connectivity index (χ2n) is 6.25. The third kappa shape index (κ3) is 5.42. The van der Waals surface area contributed by atoms with Gasteiger partial charge in [-0.15, -0.1) is 0 Å². The summed E-state index contributed by atoms with van der Waals surface area (Å²) < 4.78 is 0. The van der Waals surface area contributed by atoms with Gasteiger partial charge < -0.3 is 15.3 Å². The molecule has 21 heavy (non-hydrogen) atoms. The summed E-state index contributed by atoms with van der Waals surface area (Å²) in [5, 5.41) is 13.7. The Kier molecular flexibility index (Phi) is 7.94. The smallest absolute Gasteiger partial charge is 0.0797 e. The Labute approximate surface area is 130 Å². The molecule has 0 fully saturated rings. The summed E-state index contributed by atoms with van der Waals surface area (Å²) in [6, 6.07) is 10.3. The van der Waals surface area contributed by atoms with Gasteiger partial charge in [-0.3, -0.25) is 0 Å². The predicted octanol–water partition coefficient (Wildman–Crippen LogP) is 2.85. The van der Waals surface area contributed by atoms with Gasteiger partial charge in [0.1, 0.15) is 0 Å². The molecular formula is C18H32N2O. The maximum Gasteiger partial charge on any atom is 0.0797 e. The Hall–Kier alpha value is -0.900. The summed E-state index contributed by atoms with van der Waals surface area (Å²) in [6.07, 6.45) is 1.06. The van der Waals surface area contributed by atoms with E-state index in [1.54, 1.807) is 0 Å². The Bertz CT molecular complexity index is 380. The molecule has 0 aliphatic rings. The Morgan fingerprint density at radius 1 is 1.19 bits per heavy atom. The molecule has 0 spiro atoms. The Morgan fingerprint density at radius 2 is 1.86 bits per heavy atom.